The normalized spacial score (nSPS) is 9.00. The molecule has 1 heterocycles. The van der Waals surface area contributed by atoms with Crippen LogP contribution in [0.2, 0.25) is 0 Å². The van der Waals surface area contributed by atoms with E-state index in [1.54, 1.807) is 12.1 Å². The van der Waals surface area contributed by atoms with Gasteiger partial charge in [-0.3, -0.25) is 9.78 Å². The molecular formula is C10H12NO2+. The summed E-state index contributed by atoms with van der Waals surface area (Å²) in [5.41, 5.74) is 0. The van der Waals surface area contributed by atoms with Gasteiger partial charge in [-0.25, -0.2) is 4.57 Å². The van der Waals surface area contributed by atoms with Crippen LogP contribution >= 0.6 is 0 Å². The lowest BCUT2D eigenvalue weighted by atomic mass is 10.4. The first-order chi connectivity index (χ1) is 6.22. The Hall–Kier alpha value is -1.77. The predicted molar refractivity (Wildman–Crippen MR) is 48.7 cm³/mol. The molecule has 1 rings (SSSR count). The van der Waals surface area contributed by atoms with E-state index in [1.165, 1.54) is 6.08 Å². The van der Waals surface area contributed by atoms with Crippen molar-refractivity contribution in [2.75, 3.05) is 0 Å². The van der Waals surface area contributed by atoms with E-state index in [-0.39, 0.29) is 0 Å². The van der Waals surface area contributed by atoms with Crippen molar-refractivity contribution in [1.82, 2.24) is 0 Å². The van der Waals surface area contributed by atoms with E-state index in [0.717, 1.165) is 0 Å². The molecule has 0 fully saturated rings. The Balaban J connectivity index is 2.50. The molecule has 68 valence electrons. The molecule has 13 heavy (non-hydrogen) atoms. The molecule has 0 saturated heterocycles. The largest absolute Gasteiger partial charge is 0.291 e. The second-order valence-electron chi connectivity index (χ2n) is 2.54. The lowest BCUT2D eigenvalue weighted by Gasteiger charge is -2.03. The van der Waals surface area contributed by atoms with Crippen LogP contribution in [0.1, 0.15) is 0 Å². The summed E-state index contributed by atoms with van der Waals surface area (Å²) >= 11 is 0. The second kappa shape index (κ2) is 4.30. The van der Waals surface area contributed by atoms with Crippen molar-refractivity contribution in [2.24, 2.45) is 7.05 Å². The van der Waals surface area contributed by atoms with E-state index in [4.69, 9.17) is 9.78 Å². The zero-order valence-electron chi connectivity index (χ0n) is 7.56. The van der Waals surface area contributed by atoms with Crippen molar-refractivity contribution < 1.29 is 14.3 Å². The molecule has 0 spiro atoms. The zero-order chi connectivity index (χ0) is 9.68. The molecule has 0 radical (unpaired) electrons. The van der Waals surface area contributed by atoms with Gasteiger partial charge in [-0.15, -0.1) is 0 Å². The molecular weight excluding hydrogens is 166 g/mol. The highest BCUT2D eigenvalue weighted by Gasteiger charge is 1.97. The summed E-state index contributed by atoms with van der Waals surface area (Å²) in [6, 6.07) is 3.58. The molecule has 3 heteroatoms. The summed E-state index contributed by atoms with van der Waals surface area (Å²) < 4.78 is 1.90. The van der Waals surface area contributed by atoms with Crippen molar-refractivity contribution >= 4 is 0 Å². The minimum atomic E-state index is 0.383. The molecule has 0 atom stereocenters. The molecule has 0 N–H and O–H groups in total. The van der Waals surface area contributed by atoms with E-state index in [9.17, 15) is 0 Å². The number of hydrogen-bond donors (Lipinski definition) is 0. The fourth-order valence-corrected chi connectivity index (χ4v) is 0.679. The van der Waals surface area contributed by atoms with Gasteiger partial charge in [0.2, 0.25) is 0 Å². The van der Waals surface area contributed by atoms with Gasteiger partial charge < -0.3 is 0 Å². The van der Waals surface area contributed by atoms with Gasteiger partial charge >= 0.3 is 0 Å². The Kier molecular flexibility index (Phi) is 3.09. The highest BCUT2D eigenvalue weighted by molar-refractivity contribution is 5.14. The van der Waals surface area contributed by atoms with E-state index < -0.39 is 0 Å². The minimum Gasteiger partial charge on any atom is -0.291 e. The summed E-state index contributed by atoms with van der Waals surface area (Å²) in [7, 11) is 1.92. The average molecular weight is 178 g/mol. The van der Waals surface area contributed by atoms with Gasteiger partial charge in [-0.2, -0.15) is 0 Å². The van der Waals surface area contributed by atoms with Crippen LogP contribution in [0.5, 0.6) is 5.75 Å². The van der Waals surface area contributed by atoms with Crippen LogP contribution in [0.3, 0.4) is 0 Å². The summed E-state index contributed by atoms with van der Waals surface area (Å²) in [6.07, 6.45) is 5.19. The summed E-state index contributed by atoms with van der Waals surface area (Å²) in [5, 5.41) is 0. The number of allylic oxidation sites excluding steroid dienone is 1. The fraction of sp³-hybridized carbons (Fsp3) is 0.100. The van der Waals surface area contributed by atoms with Crippen LogP contribution in [0.25, 0.3) is 0 Å². The SMILES string of the molecule is C=CC(=C)OOc1cc[n+](C)cc1. The highest BCUT2D eigenvalue weighted by atomic mass is 17.2. The Morgan fingerprint density at radius 2 is 2.08 bits per heavy atom. The van der Waals surface area contributed by atoms with Crippen LogP contribution in [0.15, 0.2) is 49.5 Å². The molecule has 1 aromatic heterocycles. The van der Waals surface area contributed by atoms with Gasteiger partial charge in [0.1, 0.15) is 7.05 Å². The molecule has 0 bridgehead atoms. The number of nitrogens with zero attached hydrogens (tertiary/aromatic N) is 1. The van der Waals surface area contributed by atoms with Crippen LogP contribution in [-0.2, 0) is 11.9 Å². The number of aromatic nitrogens is 1. The monoisotopic (exact) mass is 178 g/mol. The first-order valence-electron chi connectivity index (χ1n) is 3.83. The molecule has 0 aliphatic carbocycles. The lowest BCUT2D eigenvalue weighted by molar-refractivity contribution is -0.671. The van der Waals surface area contributed by atoms with Crippen LogP contribution < -0.4 is 9.45 Å². The standard InChI is InChI=1S/C10H12NO2/c1-4-9(2)12-13-10-5-7-11(3)8-6-10/h4-8H,1-2H2,3H3/q+1. The number of pyridine rings is 1. The first-order valence-corrected chi connectivity index (χ1v) is 3.83. The van der Waals surface area contributed by atoms with E-state index in [2.05, 4.69) is 13.2 Å². The van der Waals surface area contributed by atoms with Gasteiger partial charge in [0, 0.05) is 12.1 Å². The maximum atomic E-state index is 4.93. The molecule has 0 aliphatic heterocycles. The second-order valence-corrected chi connectivity index (χ2v) is 2.54. The summed E-state index contributed by atoms with van der Waals surface area (Å²) in [4.78, 5) is 9.72. The quantitative estimate of drug-likeness (QED) is 0.229. The van der Waals surface area contributed by atoms with Gasteiger partial charge in [-0.05, 0) is 6.08 Å². The fourth-order valence-electron chi connectivity index (χ4n) is 0.679. The third kappa shape index (κ3) is 2.99. The molecule has 3 nitrogen and oxygen atoms in total. The van der Waals surface area contributed by atoms with Crippen LogP contribution in [-0.4, -0.2) is 0 Å². The molecule has 1 aromatic rings. The maximum absolute atomic E-state index is 4.93. The first kappa shape index (κ1) is 9.32. The third-order valence-electron chi connectivity index (χ3n) is 1.42. The van der Waals surface area contributed by atoms with Gasteiger partial charge in [0.25, 0.3) is 0 Å². The van der Waals surface area contributed by atoms with Gasteiger partial charge in [0.05, 0.1) is 0 Å². The van der Waals surface area contributed by atoms with Crippen molar-refractivity contribution in [2.45, 2.75) is 0 Å². The Morgan fingerprint density at radius 3 is 2.62 bits per heavy atom. The smallest absolute Gasteiger partial charge is 0.190 e. The molecule has 0 amide bonds. The zero-order valence-corrected chi connectivity index (χ0v) is 7.56. The van der Waals surface area contributed by atoms with Gasteiger partial charge in [0.15, 0.2) is 23.9 Å². The highest BCUT2D eigenvalue weighted by Crippen LogP contribution is 2.08. The number of hydrogen-bond acceptors (Lipinski definition) is 2. The van der Waals surface area contributed by atoms with Crippen molar-refractivity contribution in [3.63, 3.8) is 0 Å². The third-order valence-corrected chi connectivity index (χ3v) is 1.42. The van der Waals surface area contributed by atoms with Crippen molar-refractivity contribution in [3.05, 3.63) is 49.5 Å². The maximum Gasteiger partial charge on any atom is 0.190 e. The van der Waals surface area contributed by atoms with Crippen molar-refractivity contribution in [1.29, 1.82) is 0 Å². The van der Waals surface area contributed by atoms with Crippen LogP contribution in [0, 0.1) is 0 Å². The Bertz CT molecular complexity index is 303. The topological polar surface area (TPSA) is 22.3 Å². The molecule has 0 aromatic carbocycles. The van der Waals surface area contributed by atoms with E-state index in [1.807, 2.05) is 24.0 Å². The van der Waals surface area contributed by atoms with Gasteiger partial charge in [-0.1, -0.05) is 13.2 Å². The molecule has 0 unspecified atom stereocenters. The molecule has 0 aliphatic rings. The Morgan fingerprint density at radius 1 is 1.46 bits per heavy atom. The van der Waals surface area contributed by atoms with Crippen LogP contribution in [0.4, 0.5) is 0 Å². The summed E-state index contributed by atoms with van der Waals surface area (Å²) in [6.45, 7) is 7.01. The summed E-state index contributed by atoms with van der Waals surface area (Å²) in [5.74, 6) is 1.01. The molecule has 0 saturated carbocycles. The Labute approximate surface area is 77.5 Å². The number of rotatable bonds is 4. The van der Waals surface area contributed by atoms with E-state index >= 15 is 0 Å². The lowest BCUT2D eigenvalue weighted by Crippen LogP contribution is -2.25. The average Bonchev–Trinajstić information content (AvgIpc) is 2.16. The number of aryl methyl sites for hydroxylation is 1. The van der Waals surface area contributed by atoms with E-state index in [0.29, 0.717) is 11.5 Å². The van der Waals surface area contributed by atoms with Crippen molar-refractivity contribution in [3.8, 4) is 5.75 Å². The predicted octanol–water partition coefficient (Wildman–Crippen LogP) is 1.52. The minimum absolute atomic E-state index is 0.383.